The summed E-state index contributed by atoms with van der Waals surface area (Å²) in [4.78, 5) is 6.73. The molecule has 0 aliphatic carbocycles. The van der Waals surface area contributed by atoms with Crippen molar-refractivity contribution in [2.75, 3.05) is 13.1 Å². The Bertz CT molecular complexity index is 633. The Balaban J connectivity index is 1.73. The highest BCUT2D eigenvalue weighted by Gasteiger charge is 2.29. The lowest BCUT2D eigenvalue weighted by atomic mass is 9.94. The number of halogens is 1. The molecule has 5 heteroatoms. The number of hydrogen-bond donors (Lipinski definition) is 1. The number of nitrogens with zero attached hydrogens (tertiary/aromatic N) is 3. The van der Waals surface area contributed by atoms with Crippen LogP contribution in [0.2, 0.25) is 0 Å². The van der Waals surface area contributed by atoms with Crippen LogP contribution in [-0.2, 0) is 25.6 Å². The van der Waals surface area contributed by atoms with E-state index in [2.05, 4.69) is 30.4 Å². The number of aromatic nitrogens is 2. The molecule has 112 valence electrons. The second kappa shape index (κ2) is 5.55. The van der Waals surface area contributed by atoms with E-state index in [1.54, 1.807) is 0 Å². The van der Waals surface area contributed by atoms with Crippen LogP contribution >= 0.6 is 15.9 Å². The predicted octanol–water partition coefficient (Wildman–Crippen LogP) is 2.45. The number of imidazole rings is 1. The highest BCUT2D eigenvalue weighted by atomic mass is 79.9. The molecule has 3 rings (SSSR count). The molecule has 1 atom stereocenters. The summed E-state index contributed by atoms with van der Waals surface area (Å²) in [5.41, 5.74) is 2.54. The van der Waals surface area contributed by atoms with Gasteiger partial charge in [0.25, 0.3) is 0 Å². The smallest absolute Gasteiger partial charge is 0.0994 e. The highest BCUT2D eigenvalue weighted by molar-refractivity contribution is 9.10. The van der Waals surface area contributed by atoms with Crippen LogP contribution in [0.3, 0.4) is 0 Å². The first kappa shape index (κ1) is 14.8. The van der Waals surface area contributed by atoms with Crippen LogP contribution in [0, 0.1) is 0 Å². The van der Waals surface area contributed by atoms with Crippen LogP contribution in [0.4, 0.5) is 0 Å². The highest BCUT2D eigenvalue weighted by Crippen LogP contribution is 2.26. The van der Waals surface area contributed by atoms with Crippen molar-refractivity contribution in [2.24, 2.45) is 7.05 Å². The van der Waals surface area contributed by atoms with Crippen molar-refractivity contribution >= 4 is 15.9 Å². The van der Waals surface area contributed by atoms with Crippen LogP contribution in [0.5, 0.6) is 0 Å². The fourth-order valence-electron chi connectivity index (χ4n) is 2.98. The number of benzene rings is 1. The van der Waals surface area contributed by atoms with Gasteiger partial charge in [0.05, 0.1) is 17.6 Å². The van der Waals surface area contributed by atoms with Crippen LogP contribution in [0.1, 0.15) is 23.9 Å². The van der Waals surface area contributed by atoms with Crippen LogP contribution in [0.15, 0.2) is 35.1 Å². The summed E-state index contributed by atoms with van der Waals surface area (Å²) < 4.78 is 3.12. The van der Waals surface area contributed by atoms with E-state index in [9.17, 15) is 5.11 Å². The normalized spacial score (nSPS) is 18.3. The Hall–Kier alpha value is -1.17. The zero-order chi connectivity index (χ0) is 15.0. The van der Waals surface area contributed by atoms with E-state index in [0.29, 0.717) is 6.54 Å². The minimum Gasteiger partial charge on any atom is -0.384 e. The molecule has 0 radical (unpaired) electrons. The van der Waals surface area contributed by atoms with Crippen molar-refractivity contribution in [3.05, 3.63) is 52.0 Å². The first-order valence-electron chi connectivity index (χ1n) is 7.15. The van der Waals surface area contributed by atoms with Crippen molar-refractivity contribution in [1.82, 2.24) is 14.5 Å². The number of rotatable bonds is 3. The lowest BCUT2D eigenvalue weighted by Crippen LogP contribution is -2.41. The Morgan fingerprint density at radius 3 is 2.76 bits per heavy atom. The SMILES string of the molecule is Cn1cnc2c1CCN(C[C@@](C)(O)c1ccc(Br)cc1)C2. The maximum atomic E-state index is 10.8. The molecule has 1 aliphatic heterocycles. The maximum absolute atomic E-state index is 10.8. The molecule has 2 heterocycles. The van der Waals surface area contributed by atoms with Crippen molar-refractivity contribution in [1.29, 1.82) is 0 Å². The van der Waals surface area contributed by atoms with Crippen LogP contribution < -0.4 is 0 Å². The Morgan fingerprint density at radius 1 is 1.33 bits per heavy atom. The molecule has 1 aromatic heterocycles. The lowest BCUT2D eigenvalue weighted by molar-refractivity contribution is 0.0112. The van der Waals surface area contributed by atoms with Crippen molar-refractivity contribution in [3.63, 3.8) is 0 Å². The van der Waals surface area contributed by atoms with Gasteiger partial charge >= 0.3 is 0 Å². The van der Waals surface area contributed by atoms with Gasteiger partial charge in [-0.2, -0.15) is 0 Å². The van der Waals surface area contributed by atoms with Gasteiger partial charge in [-0.15, -0.1) is 0 Å². The van der Waals surface area contributed by atoms with Crippen molar-refractivity contribution in [2.45, 2.75) is 25.5 Å². The minimum atomic E-state index is -0.854. The van der Waals surface area contributed by atoms with Gasteiger partial charge in [-0.1, -0.05) is 28.1 Å². The van der Waals surface area contributed by atoms with Gasteiger partial charge in [-0.25, -0.2) is 4.98 Å². The number of hydrogen-bond acceptors (Lipinski definition) is 3. The first-order valence-corrected chi connectivity index (χ1v) is 7.95. The van der Waals surface area contributed by atoms with Gasteiger partial charge < -0.3 is 9.67 Å². The number of aliphatic hydroxyl groups is 1. The summed E-state index contributed by atoms with van der Waals surface area (Å²) in [6.45, 7) is 4.26. The van der Waals surface area contributed by atoms with E-state index in [4.69, 9.17) is 0 Å². The second-order valence-corrected chi connectivity index (χ2v) is 6.91. The van der Waals surface area contributed by atoms with Gasteiger partial charge in [0.1, 0.15) is 0 Å². The molecule has 0 saturated heterocycles. The zero-order valence-corrected chi connectivity index (χ0v) is 14.0. The molecule has 0 amide bonds. The number of β-amino-alcohol motifs (C(OH)–C–C–N with tert-alkyl or cyclic N) is 1. The van der Waals surface area contributed by atoms with Gasteiger partial charge in [0.2, 0.25) is 0 Å². The molecule has 0 spiro atoms. The molecule has 4 nitrogen and oxygen atoms in total. The Kier molecular flexibility index (Phi) is 3.90. The van der Waals surface area contributed by atoms with E-state index < -0.39 is 5.60 Å². The van der Waals surface area contributed by atoms with E-state index in [1.807, 2.05) is 44.6 Å². The molecule has 1 N–H and O–H groups in total. The van der Waals surface area contributed by atoms with E-state index in [1.165, 1.54) is 5.69 Å². The Labute approximate surface area is 133 Å². The van der Waals surface area contributed by atoms with Gasteiger partial charge in [0, 0.05) is 43.3 Å². The van der Waals surface area contributed by atoms with Crippen molar-refractivity contribution in [3.8, 4) is 0 Å². The summed E-state index contributed by atoms with van der Waals surface area (Å²) in [7, 11) is 2.04. The molecule has 1 aromatic carbocycles. The molecule has 0 fully saturated rings. The fraction of sp³-hybridized carbons (Fsp3) is 0.438. The third kappa shape index (κ3) is 3.05. The summed E-state index contributed by atoms with van der Waals surface area (Å²) >= 11 is 3.43. The standard InChI is InChI=1S/C16H20BrN3O/c1-16(21,12-3-5-13(17)6-4-12)10-20-8-7-15-14(9-20)18-11-19(15)2/h3-6,11,21H,7-10H2,1-2H3/t16-/m1/s1. The molecule has 2 aromatic rings. The maximum Gasteiger partial charge on any atom is 0.0994 e. The third-order valence-corrected chi connectivity index (χ3v) is 4.71. The average Bonchev–Trinajstić information content (AvgIpc) is 2.80. The van der Waals surface area contributed by atoms with Crippen molar-refractivity contribution < 1.29 is 5.11 Å². The lowest BCUT2D eigenvalue weighted by Gasteiger charge is -2.34. The molecule has 0 bridgehead atoms. The fourth-order valence-corrected chi connectivity index (χ4v) is 3.25. The molecule has 21 heavy (non-hydrogen) atoms. The summed E-state index contributed by atoms with van der Waals surface area (Å²) in [5, 5.41) is 10.8. The van der Waals surface area contributed by atoms with Gasteiger partial charge in [0.15, 0.2) is 0 Å². The van der Waals surface area contributed by atoms with E-state index >= 15 is 0 Å². The summed E-state index contributed by atoms with van der Waals surface area (Å²) in [5.74, 6) is 0. The zero-order valence-electron chi connectivity index (χ0n) is 12.4. The number of fused-ring (bicyclic) bond motifs is 1. The Morgan fingerprint density at radius 2 is 2.05 bits per heavy atom. The van der Waals surface area contributed by atoms with E-state index in [0.717, 1.165) is 35.2 Å². The van der Waals surface area contributed by atoms with Crippen LogP contribution in [-0.4, -0.2) is 32.6 Å². The minimum absolute atomic E-state index is 0.616. The van der Waals surface area contributed by atoms with Gasteiger partial charge in [-0.3, -0.25) is 4.90 Å². The topological polar surface area (TPSA) is 41.3 Å². The quantitative estimate of drug-likeness (QED) is 0.925. The van der Waals surface area contributed by atoms with E-state index in [-0.39, 0.29) is 0 Å². The molecule has 0 unspecified atom stereocenters. The molecular formula is C16H20BrN3O. The summed E-state index contributed by atoms with van der Waals surface area (Å²) in [6.07, 6.45) is 2.86. The predicted molar refractivity (Wildman–Crippen MR) is 85.9 cm³/mol. The van der Waals surface area contributed by atoms with Gasteiger partial charge in [-0.05, 0) is 24.6 Å². The molecular weight excluding hydrogens is 330 g/mol. The third-order valence-electron chi connectivity index (χ3n) is 4.18. The average molecular weight is 350 g/mol. The van der Waals surface area contributed by atoms with Crippen LogP contribution in [0.25, 0.3) is 0 Å². The number of aryl methyl sites for hydroxylation is 1. The molecule has 0 saturated carbocycles. The molecule has 1 aliphatic rings. The monoisotopic (exact) mass is 349 g/mol. The summed E-state index contributed by atoms with van der Waals surface area (Å²) in [6, 6.07) is 7.88. The first-order chi connectivity index (χ1) is 9.95. The largest absolute Gasteiger partial charge is 0.384 e. The second-order valence-electron chi connectivity index (χ2n) is 5.99.